The molecule has 3 rings (SSSR count). The van der Waals surface area contributed by atoms with E-state index in [0.29, 0.717) is 15.8 Å². The Morgan fingerprint density at radius 2 is 1.06 bits per heavy atom. The quantitative estimate of drug-likeness (QED) is 0.208. The van der Waals surface area contributed by atoms with Crippen molar-refractivity contribution in [1.29, 1.82) is 0 Å². The van der Waals surface area contributed by atoms with E-state index in [0.717, 1.165) is 29.9 Å². The summed E-state index contributed by atoms with van der Waals surface area (Å²) in [6.07, 6.45) is 1.96. The molecule has 0 saturated heterocycles. The number of amides is 1. The topological polar surface area (TPSA) is 89.2 Å². The largest absolute Gasteiger partial charge is 0.331 e. The molecule has 0 spiro atoms. The molecule has 0 atom stereocenters. The Morgan fingerprint density at radius 1 is 0.618 bits per heavy atom. The van der Waals surface area contributed by atoms with Crippen LogP contribution in [0.5, 0.6) is 0 Å². The van der Waals surface area contributed by atoms with Crippen molar-refractivity contribution >= 4 is 57.6 Å². The predicted molar refractivity (Wildman–Crippen MR) is 148 cm³/mol. The van der Waals surface area contributed by atoms with Crippen molar-refractivity contribution < 1.29 is 4.79 Å². The van der Waals surface area contributed by atoms with Gasteiger partial charge in [-0.1, -0.05) is 38.1 Å². The van der Waals surface area contributed by atoms with E-state index in [1.165, 1.54) is 11.1 Å². The van der Waals surface area contributed by atoms with Gasteiger partial charge in [-0.2, -0.15) is 0 Å². The standard InChI is InChI=1S/C25H28N6OS2/c1-3-17-5-11-20(12-6-17)26-24(33)30-28-22-15-9-19(10-16-22)23(32)29-31-25(34)27-21-13-7-18(4-2)8-14-21/h5-16,28H,3-4H2,1-2H3,(H,29,32)(H2,26,30,33)(H2,27,31,34). The molecule has 0 aromatic heterocycles. The molecule has 0 fully saturated rings. The summed E-state index contributed by atoms with van der Waals surface area (Å²) in [6.45, 7) is 4.21. The first-order chi connectivity index (χ1) is 16.5. The van der Waals surface area contributed by atoms with Gasteiger partial charge in [-0.25, -0.2) is 0 Å². The van der Waals surface area contributed by atoms with Crippen LogP contribution in [0.15, 0.2) is 72.8 Å². The van der Waals surface area contributed by atoms with Crippen LogP contribution in [0.4, 0.5) is 17.1 Å². The zero-order valence-electron chi connectivity index (χ0n) is 19.1. The number of hydrogen-bond acceptors (Lipinski definition) is 4. The normalized spacial score (nSPS) is 10.1. The van der Waals surface area contributed by atoms with Gasteiger partial charge in [-0.3, -0.25) is 26.5 Å². The first-order valence-electron chi connectivity index (χ1n) is 10.9. The first kappa shape index (κ1) is 24.9. The number of hydrazine groups is 2. The highest BCUT2D eigenvalue weighted by molar-refractivity contribution is 7.80. The van der Waals surface area contributed by atoms with Crippen molar-refractivity contribution in [2.75, 3.05) is 16.1 Å². The highest BCUT2D eigenvalue weighted by atomic mass is 32.1. The second-order valence-electron chi connectivity index (χ2n) is 7.42. The zero-order chi connectivity index (χ0) is 24.3. The van der Waals surface area contributed by atoms with Crippen molar-refractivity contribution in [2.24, 2.45) is 0 Å². The summed E-state index contributed by atoms with van der Waals surface area (Å²) >= 11 is 10.5. The van der Waals surface area contributed by atoms with Gasteiger partial charge in [0.25, 0.3) is 5.91 Å². The van der Waals surface area contributed by atoms with Gasteiger partial charge in [0.1, 0.15) is 0 Å². The fourth-order valence-corrected chi connectivity index (χ4v) is 3.33. The third-order valence-electron chi connectivity index (χ3n) is 5.00. The number of carbonyl (C=O) groups is 1. The van der Waals surface area contributed by atoms with Crippen LogP contribution in [0.2, 0.25) is 0 Å². The molecule has 0 saturated carbocycles. The van der Waals surface area contributed by atoms with Crippen LogP contribution in [0.25, 0.3) is 0 Å². The number of benzene rings is 3. The lowest BCUT2D eigenvalue weighted by atomic mass is 10.1. The lowest BCUT2D eigenvalue weighted by Crippen LogP contribution is -2.43. The molecule has 9 heteroatoms. The number of nitrogens with one attached hydrogen (secondary N) is 6. The van der Waals surface area contributed by atoms with Gasteiger partial charge in [0.15, 0.2) is 10.2 Å². The fraction of sp³-hybridized carbons (Fsp3) is 0.160. The Hall–Kier alpha value is -3.69. The fourth-order valence-electron chi connectivity index (χ4n) is 2.99. The second-order valence-corrected chi connectivity index (χ2v) is 8.23. The first-order valence-corrected chi connectivity index (χ1v) is 11.8. The van der Waals surface area contributed by atoms with Crippen LogP contribution in [-0.4, -0.2) is 16.1 Å². The van der Waals surface area contributed by atoms with E-state index >= 15 is 0 Å². The van der Waals surface area contributed by atoms with Crippen LogP contribution in [-0.2, 0) is 12.8 Å². The SMILES string of the molecule is CCc1ccc(NC(=S)NNC(=O)c2ccc(NNC(=S)Nc3ccc(CC)cc3)cc2)cc1. The van der Waals surface area contributed by atoms with Gasteiger partial charge in [0.2, 0.25) is 0 Å². The Labute approximate surface area is 210 Å². The van der Waals surface area contributed by atoms with E-state index in [2.05, 4.69) is 58.3 Å². The Morgan fingerprint density at radius 3 is 1.53 bits per heavy atom. The van der Waals surface area contributed by atoms with Crippen molar-refractivity contribution in [3.8, 4) is 0 Å². The van der Waals surface area contributed by atoms with Crippen LogP contribution < -0.4 is 32.3 Å². The Balaban J connectivity index is 1.41. The molecule has 0 aliphatic heterocycles. The van der Waals surface area contributed by atoms with E-state index in [9.17, 15) is 4.79 Å². The molecule has 0 bridgehead atoms. The monoisotopic (exact) mass is 492 g/mol. The van der Waals surface area contributed by atoms with Crippen molar-refractivity contribution in [3.05, 3.63) is 89.5 Å². The molecule has 0 unspecified atom stereocenters. The van der Waals surface area contributed by atoms with E-state index in [-0.39, 0.29) is 5.91 Å². The van der Waals surface area contributed by atoms with Gasteiger partial charge in [0, 0.05) is 16.9 Å². The average molecular weight is 493 g/mol. The van der Waals surface area contributed by atoms with Crippen molar-refractivity contribution in [3.63, 3.8) is 0 Å². The molecule has 34 heavy (non-hydrogen) atoms. The lowest BCUT2D eigenvalue weighted by molar-refractivity contribution is 0.0944. The summed E-state index contributed by atoms with van der Waals surface area (Å²) in [5.41, 5.74) is 16.7. The minimum atomic E-state index is -0.308. The summed E-state index contributed by atoms with van der Waals surface area (Å²) in [6, 6.07) is 23.0. The number of carbonyl (C=O) groups excluding carboxylic acids is 1. The molecule has 3 aromatic carbocycles. The van der Waals surface area contributed by atoms with Crippen molar-refractivity contribution in [2.45, 2.75) is 26.7 Å². The van der Waals surface area contributed by atoms with Crippen LogP contribution in [0, 0.1) is 0 Å². The minimum Gasteiger partial charge on any atom is -0.331 e. The van der Waals surface area contributed by atoms with Crippen LogP contribution in [0.3, 0.4) is 0 Å². The molecular formula is C25H28N6OS2. The number of aryl methyl sites for hydroxylation is 2. The maximum absolute atomic E-state index is 12.4. The number of hydrogen-bond donors (Lipinski definition) is 6. The minimum absolute atomic E-state index is 0.297. The number of anilines is 3. The third-order valence-corrected chi connectivity index (χ3v) is 5.41. The number of thiocarbonyl (C=S) groups is 2. The lowest BCUT2D eigenvalue weighted by Gasteiger charge is -2.14. The molecular weight excluding hydrogens is 464 g/mol. The van der Waals surface area contributed by atoms with E-state index in [1.54, 1.807) is 24.3 Å². The molecule has 0 heterocycles. The molecule has 1 amide bonds. The highest BCUT2D eigenvalue weighted by Crippen LogP contribution is 2.12. The molecule has 176 valence electrons. The van der Waals surface area contributed by atoms with E-state index in [4.69, 9.17) is 24.4 Å². The Kier molecular flexibility index (Phi) is 9.19. The summed E-state index contributed by atoms with van der Waals surface area (Å²) in [4.78, 5) is 12.4. The van der Waals surface area contributed by atoms with E-state index < -0.39 is 0 Å². The summed E-state index contributed by atoms with van der Waals surface area (Å²) in [7, 11) is 0. The predicted octanol–water partition coefficient (Wildman–Crippen LogP) is 4.76. The molecule has 0 aliphatic rings. The van der Waals surface area contributed by atoms with Crippen molar-refractivity contribution in [1.82, 2.24) is 16.3 Å². The van der Waals surface area contributed by atoms with Crippen LogP contribution >= 0.6 is 24.4 Å². The maximum atomic E-state index is 12.4. The highest BCUT2D eigenvalue weighted by Gasteiger charge is 2.06. The zero-order valence-corrected chi connectivity index (χ0v) is 20.7. The van der Waals surface area contributed by atoms with Gasteiger partial charge in [-0.15, -0.1) is 0 Å². The van der Waals surface area contributed by atoms with Gasteiger partial charge in [-0.05, 0) is 96.9 Å². The van der Waals surface area contributed by atoms with Crippen LogP contribution in [0.1, 0.15) is 35.3 Å². The molecule has 6 N–H and O–H groups in total. The summed E-state index contributed by atoms with van der Waals surface area (Å²) in [5, 5.41) is 6.87. The molecule has 0 aliphatic carbocycles. The average Bonchev–Trinajstić information content (AvgIpc) is 2.87. The smallest absolute Gasteiger partial charge is 0.269 e. The molecule has 0 radical (unpaired) electrons. The second kappa shape index (κ2) is 12.5. The third kappa shape index (κ3) is 7.72. The molecule has 3 aromatic rings. The number of rotatable bonds is 7. The Bertz CT molecular complexity index is 1120. The van der Waals surface area contributed by atoms with E-state index in [1.807, 2.05) is 36.4 Å². The van der Waals surface area contributed by atoms with Gasteiger partial charge >= 0.3 is 0 Å². The summed E-state index contributed by atoms with van der Waals surface area (Å²) < 4.78 is 0. The van der Waals surface area contributed by atoms with Gasteiger partial charge < -0.3 is 10.6 Å². The van der Waals surface area contributed by atoms with Gasteiger partial charge in [0.05, 0.1) is 5.69 Å². The maximum Gasteiger partial charge on any atom is 0.269 e. The summed E-state index contributed by atoms with van der Waals surface area (Å²) in [5.74, 6) is -0.308. The molecule has 7 nitrogen and oxygen atoms in total.